The molecule has 4 heteroatoms. The maximum absolute atomic E-state index is 12.8. The predicted molar refractivity (Wildman–Crippen MR) is 50.3 cm³/mol. The summed E-state index contributed by atoms with van der Waals surface area (Å²) < 4.78 is 14.5. The van der Waals surface area contributed by atoms with Gasteiger partial charge in [0.2, 0.25) is 0 Å². The molecule has 0 saturated carbocycles. The van der Waals surface area contributed by atoms with Crippen LogP contribution in [-0.2, 0) is 6.54 Å². The molecule has 3 nitrogen and oxygen atoms in total. The van der Waals surface area contributed by atoms with Crippen LogP contribution in [0.15, 0.2) is 30.5 Å². The third-order valence-corrected chi connectivity index (χ3v) is 1.89. The predicted octanol–water partition coefficient (Wildman–Crippen LogP) is 1.77. The van der Waals surface area contributed by atoms with E-state index in [1.807, 2.05) is 19.2 Å². The molecule has 1 heterocycles. The van der Waals surface area contributed by atoms with Crippen molar-refractivity contribution in [2.75, 3.05) is 0 Å². The van der Waals surface area contributed by atoms with Gasteiger partial charge in [0.25, 0.3) is 0 Å². The first-order valence-electron chi connectivity index (χ1n) is 4.35. The molecule has 0 amide bonds. The minimum Gasteiger partial charge on any atom is -0.248 e. The Balaban J connectivity index is 2.18. The summed E-state index contributed by atoms with van der Waals surface area (Å²) in [5.74, 6) is -0.223. The quantitative estimate of drug-likeness (QED) is 0.724. The number of nitrogens with zero attached hydrogens (tertiary/aromatic N) is 3. The van der Waals surface area contributed by atoms with Gasteiger partial charge in [0.1, 0.15) is 5.82 Å². The first-order valence-corrected chi connectivity index (χ1v) is 4.35. The average Bonchev–Trinajstić information content (AvgIpc) is 2.51. The summed E-state index contributed by atoms with van der Waals surface area (Å²) in [6.45, 7) is 2.42. The number of aryl methyl sites for hydroxylation is 1. The van der Waals surface area contributed by atoms with Crippen LogP contribution in [0.1, 0.15) is 11.3 Å². The maximum Gasteiger partial charge on any atom is 0.123 e. The van der Waals surface area contributed by atoms with Crippen LogP contribution in [0.4, 0.5) is 4.39 Å². The van der Waals surface area contributed by atoms with Crippen LogP contribution >= 0.6 is 0 Å². The highest BCUT2D eigenvalue weighted by molar-refractivity contribution is 5.16. The van der Waals surface area contributed by atoms with Gasteiger partial charge in [-0.25, -0.2) is 9.07 Å². The Hall–Kier alpha value is -1.71. The van der Waals surface area contributed by atoms with E-state index in [0.717, 1.165) is 11.3 Å². The summed E-state index contributed by atoms with van der Waals surface area (Å²) in [5, 5.41) is 7.74. The molecule has 0 unspecified atom stereocenters. The van der Waals surface area contributed by atoms with E-state index in [1.165, 1.54) is 12.1 Å². The second-order valence-corrected chi connectivity index (χ2v) is 3.19. The topological polar surface area (TPSA) is 30.7 Å². The van der Waals surface area contributed by atoms with Gasteiger partial charge in [-0.1, -0.05) is 17.3 Å². The SMILES string of the molecule is Cc1cn(Cc2cccc(F)c2)nn1. The van der Waals surface area contributed by atoms with E-state index < -0.39 is 0 Å². The lowest BCUT2D eigenvalue weighted by atomic mass is 10.2. The van der Waals surface area contributed by atoms with Gasteiger partial charge in [0.05, 0.1) is 12.2 Å². The van der Waals surface area contributed by atoms with Crippen molar-refractivity contribution in [3.8, 4) is 0 Å². The van der Waals surface area contributed by atoms with Crippen LogP contribution in [0, 0.1) is 12.7 Å². The Morgan fingerprint density at radius 1 is 1.43 bits per heavy atom. The molecule has 0 N–H and O–H groups in total. The van der Waals surface area contributed by atoms with Crippen molar-refractivity contribution in [3.63, 3.8) is 0 Å². The van der Waals surface area contributed by atoms with Crippen LogP contribution in [0.3, 0.4) is 0 Å². The Morgan fingerprint density at radius 3 is 2.93 bits per heavy atom. The molecule has 0 atom stereocenters. The molecular formula is C10H10FN3. The number of hydrogen-bond acceptors (Lipinski definition) is 2. The molecule has 0 spiro atoms. The molecular weight excluding hydrogens is 181 g/mol. The highest BCUT2D eigenvalue weighted by Gasteiger charge is 1.98. The van der Waals surface area contributed by atoms with Crippen LogP contribution in [-0.4, -0.2) is 15.0 Å². The van der Waals surface area contributed by atoms with Crippen molar-refractivity contribution in [1.82, 2.24) is 15.0 Å². The largest absolute Gasteiger partial charge is 0.248 e. The van der Waals surface area contributed by atoms with Crippen molar-refractivity contribution < 1.29 is 4.39 Å². The Bertz CT molecular complexity index is 436. The molecule has 0 aliphatic heterocycles. The van der Waals surface area contributed by atoms with Gasteiger partial charge in [-0.05, 0) is 24.6 Å². The standard InChI is InChI=1S/C10H10FN3/c1-8-6-14(13-12-8)7-9-3-2-4-10(11)5-9/h2-6H,7H2,1H3. The van der Waals surface area contributed by atoms with E-state index in [1.54, 1.807) is 10.7 Å². The molecule has 0 aliphatic carbocycles. The van der Waals surface area contributed by atoms with E-state index in [2.05, 4.69) is 10.3 Å². The molecule has 0 bridgehead atoms. The van der Waals surface area contributed by atoms with Gasteiger partial charge < -0.3 is 0 Å². The van der Waals surface area contributed by atoms with Crippen LogP contribution in [0.5, 0.6) is 0 Å². The highest BCUT2D eigenvalue weighted by atomic mass is 19.1. The minimum atomic E-state index is -0.223. The molecule has 1 aromatic carbocycles. The fourth-order valence-corrected chi connectivity index (χ4v) is 1.29. The zero-order valence-corrected chi connectivity index (χ0v) is 7.81. The lowest BCUT2D eigenvalue weighted by molar-refractivity contribution is 0.614. The summed E-state index contributed by atoms with van der Waals surface area (Å²) in [7, 11) is 0. The Labute approximate surface area is 81.2 Å². The third kappa shape index (κ3) is 1.96. The van der Waals surface area contributed by atoms with Crippen LogP contribution < -0.4 is 0 Å². The zero-order valence-electron chi connectivity index (χ0n) is 7.81. The van der Waals surface area contributed by atoms with Gasteiger partial charge in [-0.15, -0.1) is 5.10 Å². The third-order valence-electron chi connectivity index (χ3n) is 1.89. The summed E-state index contributed by atoms with van der Waals surface area (Å²) in [5.41, 5.74) is 1.75. The van der Waals surface area contributed by atoms with Crippen molar-refractivity contribution >= 4 is 0 Å². The lowest BCUT2D eigenvalue weighted by Crippen LogP contribution is -2.00. The maximum atomic E-state index is 12.8. The molecule has 72 valence electrons. The van der Waals surface area contributed by atoms with Crippen LogP contribution in [0.25, 0.3) is 0 Å². The molecule has 14 heavy (non-hydrogen) atoms. The van der Waals surface area contributed by atoms with E-state index in [0.29, 0.717) is 6.54 Å². The van der Waals surface area contributed by atoms with Gasteiger partial charge in [0.15, 0.2) is 0 Å². The van der Waals surface area contributed by atoms with Gasteiger partial charge in [-0.2, -0.15) is 0 Å². The van der Waals surface area contributed by atoms with Crippen LogP contribution in [0.2, 0.25) is 0 Å². The average molecular weight is 191 g/mol. The van der Waals surface area contributed by atoms with Gasteiger partial charge >= 0.3 is 0 Å². The van der Waals surface area contributed by atoms with Gasteiger partial charge in [-0.3, -0.25) is 0 Å². The number of hydrogen-bond donors (Lipinski definition) is 0. The summed E-state index contributed by atoms with van der Waals surface area (Å²) >= 11 is 0. The smallest absolute Gasteiger partial charge is 0.123 e. The zero-order chi connectivity index (χ0) is 9.97. The molecule has 2 aromatic rings. The molecule has 0 radical (unpaired) electrons. The highest BCUT2D eigenvalue weighted by Crippen LogP contribution is 2.05. The number of aromatic nitrogens is 3. The fourth-order valence-electron chi connectivity index (χ4n) is 1.29. The van der Waals surface area contributed by atoms with E-state index in [-0.39, 0.29) is 5.82 Å². The first-order chi connectivity index (χ1) is 6.74. The summed E-state index contributed by atoms with van der Waals surface area (Å²) in [4.78, 5) is 0. The minimum absolute atomic E-state index is 0.223. The number of halogens is 1. The first kappa shape index (κ1) is 8.87. The van der Waals surface area contributed by atoms with Crippen molar-refractivity contribution in [2.24, 2.45) is 0 Å². The second kappa shape index (κ2) is 3.57. The Morgan fingerprint density at radius 2 is 2.29 bits per heavy atom. The van der Waals surface area contributed by atoms with E-state index in [9.17, 15) is 4.39 Å². The molecule has 0 fully saturated rings. The van der Waals surface area contributed by atoms with Crippen molar-refractivity contribution in [3.05, 3.63) is 47.5 Å². The summed E-state index contributed by atoms with van der Waals surface area (Å²) in [6.07, 6.45) is 1.82. The van der Waals surface area contributed by atoms with Crippen molar-refractivity contribution in [2.45, 2.75) is 13.5 Å². The van der Waals surface area contributed by atoms with E-state index in [4.69, 9.17) is 0 Å². The van der Waals surface area contributed by atoms with Crippen molar-refractivity contribution in [1.29, 1.82) is 0 Å². The molecule has 1 aromatic heterocycles. The normalized spacial score (nSPS) is 10.4. The van der Waals surface area contributed by atoms with Gasteiger partial charge in [0, 0.05) is 6.20 Å². The number of rotatable bonds is 2. The van der Waals surface area contributed by atoms with E-state index >= 15 is 0 Å². The molecule has 0 saturated heterocycles. The fraction of sp³-hybridized carbons (Fsp3) is 0.200. The second-order valence-electron chi connectivity index (χ2n) is 3.19. The summed E-state index contributed by atoms with van der Waals surface area (Å²) in [6, 6.07) is 6.47. The molecule has 2 rings (SSSR count). The molecule has 0 aliphatic rings. The lowest BCUT2D eigenvalue weighted by Gasteiger charge is -2.00. The monoisotopic (exact) mass is 191 g/mol. The number of benzene rings is 1. The Kier molecular flexibility index (Phi) is 2.26.